The van der Waals surface area contributed by atoms with Crippen LogP contribution in [0.15, 0.2) is 94.7 Å². The monoisotopic (exact) mass is 594 g/mol. The zero-order chi connectivity index (χ0) is 23.6. The summed E-state index contributed by atoms with van der Waals surface area (Å²) in [7, 11) is -6.22. The molecule has 4 aromatic rings. The van der Waals surface area contributed by atoms with Crippen molar-refractivity contribution in [3.05, 3.63) is 88.5 Å². The molecule has 0 atom stereocenters. The second-order valence-corrected chi connectivity index (χ2v) is 11.6. The van der Waals surface area contributed by atoms with Crippen LogP contribution in [0.1, 0.15) is 0 Å². The van der Waals surface area contributed by atoms with E-state index in [1.807, 2.05) is 52.9 Å². The van der Waals surface area contributed by atoms with Gasteiger partial charge >= 0.3 is 0 Å². The van der Waals surface area contributed by atoms with Gasteiger partial charge in [0.05, 0.1) is 26.2 Å². The smallest absolute Gasteiger partial charge is 0.261 e. The Morgan fingerprint density at radius 3 is 2.06 bits per heavy atom. The lowest BCUT2D eigenvalue weighted by atomic mass is 10.1. The van der Waals surface area contributed by atoms with Crippen molar-refractivity contribution >= 4 is 64.8 Å². The number of benzene rings is 4. The van der Waals surface area contributed by atoms with Gasteiger partial charge in [-0.15, -0.1) is 0 Å². The summed E-state index contributed by atoms with van der Waals surface area (Å²) in [5.41, 5.74) is 0.705. The quantitative estimate of drug-likeness (QED) is 0.292. The molecule has 0 aromatic heterocycles. The highest BCUT2D eigenvalue weighted by Crippen LogP contribution is 2.27. The standard InChI is InChI=1S/C23H19IN2O5S2/c1-31-23-14-13-19(15-21(23)24)33(29,30)25-17-9-11-18(12-10-17)32(27,28)26-22-8-4-6-16-5-2-3-7-20(16)22/h2-15,25-26H,1H3. The highest BCUT2D eigenvalue weighted by molar-refractivity contribution is 14.1. The molecule has 0 aliphatic carbocycles. The zero-order valence-electron chi connectivity index (χ0n) is 17.3. The first-order chi connectivity index (χ1) is 15.7. The zero-order valence-corrected chi connectivity index (χ0v) is 21.1. The Balaban J connectivity index is 1.55. The minimum atomic E-state index is -3.87. The van der Waals surface area contributed by atoms with E-state index in [0.717, 1.165) is 10.8 Å². The Morgan fingerprint density at radius 1 is 0.727 bits per heavy atom. The van der Waals surface area contributed by atoms with Gasteiger partial charge in [-0.2, -0.15) is 0 Å². The van der Waals surface area contributed by atoms with Crippen LogP contribution in [0.2, 0.25) is 0 Å². The van der Waals surface area contributed by atoms with Crippen molar-refractivity contribution in [3.63, 3.8) is 0 Å². The van der Waals surface area contributed by atoms with Gasteiger partial charge in [-0.1, -0.05) is 36.4 Å². The molecule has 0 heterocycles. The Morgan fingerprint density at radius 2 is 1.36 bits per heavy atom. The molecule has 170 valence electrons. The summed E-state index contributed by atoms with van der Waals surface area (Å²) in [4.78, 5) is 0.0828. The van der Waals surface area contributed by atoms with E-state index in [0.29, 0.717) is 15.0 Å². The molecule has 2 N–H and O–H groups in total. The first-order valence-corrected chi connectivity index (χ1v) is 13.7. The minimum Gasteiger partial charge on any atom is -0.496 e. The normalized spacial score (nSPS) is 11.8. The lowest BCUT2D eigenvalue weighted by molar-refractivity contribution is 0.411. The van der Waals surface area contributed by atoms with Crippen LogP contribution in [0.5, 0.6) is 5.75 Å². The van der Waals surface area contributed by atoms with Crippen molar-refractivity contribution in [1.82, 2.24) is 0 Å². The van der Waals surface area contributed by atoms with Crippen LogP contribution in [0.3, 0.4) is 0 Å². The molecule has 0 fully saturated rings. The van der Waals surface area contributed by atoms with E-state index in [1.54, 1.807) is 18.2 Å². The van der Waals surface area contributed by atoms with Crippen molar-refractivity contribution in [1.29, 1.82) is 0 Å². The predicted octanol–water partition coefficient (Wildman–Crippen LogP) is 5.05. The summed E-state index contributed by atoms with van der Waals surface area (Å²) in [5.74, 6) is 0.572. The van der Waals surface area contributed by atoms with Crippen molar-refractivity contribution in [3.8, 4) is 5.75 Å². The summed E-state index contributed by atoms with van der Waals surface area (Å²) < 4.78 is 62.1. The number of fused-ring (bicyclic) bond motifs is 1. The van der Waals surface area contributed by atoms with Crippen LogP contribution >= 0.6 is 22.6 Å². The van der Waals surface area contributed by atoms with E-state index in [1.165, 1.54) is 43.5 Å². The van der Waals surface area contributed by atoms with Gasteiger partial charge in [-0.05, 0) is 76.5 Å². The highest BCUT2D eigenvalue weighted by atomic mass is 127. The third-order valence-electron chi connectivity index (χ3n) is 4.88. The van der Waals surface area contributed by atoms with E-state index >= 15 is 0 Å². The maximum atomic E-state index is 12.9. The van der Waals surface area contributed by atoms with Crippen LogP contribution in [0.25, 0.3) is 10.8 Å². The number of methoxy groups -OCH3 is 1. The van der Waals surface area contributed by atoms with Gasteiger partial charge in [0.1, 0.15) is 5.75 Å². The third-order valence-corrected chi connectivity index (χ3v) is 8.49. The average molecular weight is 594 g/mol. The summed E-state index contributed by atoms with van der Waals surface area (Å²) in [5, 5.41) is 1.69. The Hall–Kier alpha value is -2.83. The van der Waals surface area contributed by atoms with Crippen molar-refractivity contribution in [2.45, 2.75) is 9.79 Å². The number of hydrogen-bond donors (Lipinski definition) is 2. The lowest BCUT2D eigenvalue weighted by Crippen LogP contribution is -2.15. The van der Waals surface area contributed by atoms with Gasteiger partial charge in [0.15, 0.2) is 0 Å². The van der Waals surface area contributed by atoms with Crippen molar-refractivity contribution < 1.29 is 21.6 Å². The van der Waals surface area contributed by atoms with Gasteiger partial charge in [0.25, 0.3) is 20.0 Å². The number of rotatable bonds is 7. The van der Waals surface area contributed by atoms with Gasteiger partial charge in [-0.25, -0.2) is 16.8 Å². The number of halogens is 1. The van der Waals surface area contributed by atoms with Gasteiger partial charge in [0, 0.05) is 11.1 Å². The molecule has 0 saturated heterocycles. The SMILES string of the molecule is COc1ccc(S(=O)(=O)Nc2ccc(S(=O)(=O)Nc3cccc4ccccc34)cc2)cc1I. The van der Waals surface area contributed by atoms with E-state index in [4.69, 9.17) is 4.74 Å². The van der Waals surface area contributed by atoms with Crippen LogP contribution < -0.4 is 14.2 Å². The maximum Gasteiger partial charge on any atom is 0.261 e. The molecule has 0 aliphatic heterocycles. The predicted molar refractivity (Wildman–Crippen MR) is 138 cm³/mol. The van der Waals surface area contributed by atoms with Gasteiger partial charge < -0.3 is 4.74 Å². The third kappa shape index (κ3) is 5.07. The summed E-state index contributed by atoms with van der Waals surface area (Å²) in [6, 6.07) is 22.9. The molecule has 0 saturated carbocycles. The van der Waals surface area contributed by atoms with Gasteiger partial charge in [0.2, 0.25) is 0 Å². The molecule has 0 aliphatic rings. The number of anilines is 2. The number of ether oxygens (including phenoxy) is 1. The topological polar surface area (TPSA) is 102 Å². The molecule has 4 rings (SSSR count). The maximum absolute atomic E-state index is 12.9. The largest absolute Gasteiger partial charge is 0.496 e. The van der Waals surface area contributed by atoms with Crippen LogP contribution in [0, 0.1) is 3.57 Å². The molecular formula is C23H19IN2O5S2. The Bertz CT molecular complexity index is 1530. The second-order valence-electron chi connectivity index (χ2n) is 7.06. The van der Waals surface area contributed by atoms with Crippen LogP contribution in [-0.2, 0) is 20.0 Å². The molecule has 0 spiro atoms. The van der Waals surface area contributed by atoms with E-state index < -0.39 is 20.0 Å². The Kier molecular flexibility index (Phi) is 6.50. The summed E-state index contributed by atoms with van der Waals surface area (Å²) >= 11 is 1.99. The average Bonchev–Trinajstić information content (AvgIpc) is 2.79. The molecule has 7 nitrogen and oxygen atoms in total. The van der Waals surface area contributed by atoms with Crippen molar-refractivity contribution in [2.24, 2.45) is 0 Å². The second kappa shape index (κ2) is 9.20. The molecule has 0 amide bonds. The number of sulfonamides is 2. The Labute approximate surface area is 206 Å². The molecular weight excluding hydrogens is 575 g/mol. The molecule has 10 heteroatoms. The molecule has 0 bridgehead atoms. The van der Waals surface area contributed by atoms with Crippen LogP contribution in [-0.4, -0.2) is 23.9 Å². The van der Waals surface area contributed by atoms with Crippen molar-refractivity contribution in [2.75, 3.05) is 16.6 Å². The molecule has 0 unspecified atom stereocenters. The first kappa shape index (κ1) is 23.3. The van der Waals surface area contributed by atoms with Crippen LogP contribution in [0.4, 0.5) is 11.4 Å². The fourth-order valence-corrected chi connectivity index (χ4v) is 6.36. The fourth-order valence-electron chi connectivity index (χ4n) is 3.25. The highest BCUT2D eigenvalue weighted by Gasteiger charge is 2.18. The lowest BCUT2D eigenvalue weighted by Gasteiger charge is -2.12. The summed E-state index contributed by atoms with van der Waals surface area (Å²) in [6.07, 6.45) is 0. The number of hydrogen-bond acceptors (Lipinski definition) is 5. The molecule has 33 heavy (non-hydrogen) atoms. The first-order valence-electron chi connectivity index (χ1n) is 9.67. The van der Waals surface area contributed by atoms with Gasteiger partial charge in [-0.3, -0.25) is 9.44 Å². The summed E-state index contributed by atoms with van der Waals surface area (Å²) in [6.45, 7) is 0. The number of nitrogens with one attached hydrogen (secondary N) is 2. The molecule has 0 radical (unpaired) electrons. The molecule has 4 aromatic carbocycles. The van der Waals surface area contributed by atoms with E-state index in [-0.39, 0.29) is 15.5 Å². The van der Waals surface area contributed by atoms with E-state index in [2.05, 4.69) is 9.44 Å². The minimum absolute atomic E-state index is 0.0115. The van der Waals surface area contributed by atoms with E-state index in [9.17, 15) is 16.8 Å². The fraction of sp³-hybridized carbons (Fsp3) is 0.0435.